The van der Waals surface area contributed by atoms with Gasteiger partial charge in [-0.3, -0.25) is 9.78 Å². The molecule has 0 saturated heterocycles. The van der Waals surface area contributed by atoms with E-state index in [0.717, 1.165) is 4.88 Å². The first-order valence-electron chi connectivity index (χ1n) is 7.45. The molecule has 0 aliphatic carbocycles. The van der Waals surface area contributed by atoms with Crippen LogP contribution in [0.4, 0.5) is 14.6 Å². The molecule has 3 aromatic rings. The molecule has 0 unspecified atom stereocenters. The van der Waals surface area contributed by atoms with Crippen molar-refractivity contribution in [2.24, 2.45) is 0 Å². The zero-order chi connectivity index (χ0) is 19.2. The van der Waals surface area contributed by atoms with Crippen molar-refractivity contribution in [3.05, 3.63) is 45.6 Å². The number of ether oxygens (including phenoxy) is 2. The average Bonchev–Trinajstić information content (AvgIpc) is 3.16. The molecule has 2 aromatic heterocycles. The van der Waals surface area contributed by atoms with Crippen molar-refractivity contribution in [3.63, 3.8) is 0 Å². The number of aryl methyl sites for hydroxylation is 1. The molecule has 0 radical (unpaired) electrons. The van der Waals surface area contributed by atoms with Gasteiger partial charge in [0.25, 0.3) is 5.91 Å². The van der Waals surface area contributed by atoms with E-state index in [2.05, 4.69) is 29.7 Å². The Morgan fingerprint density at radius 1 is 1.19 bits per heavy atom. The van der Waals surface area contributed by atoms with Gasteiger partial charge in [-0.1, -0.05) is 11.6 Å². The highest BCUT2D eigenvalue weighted by atomic mass is 35.5. The third-order valence-electron chi connectivity index (χ3n) is 3.62. The molecule has 3 heterocycles. The highest BCUT2D eigenvalue weighted by molar-refractivity contribution is 7.09. The summed E-state index contributed by atoms with van der Waals surface area (Å²) in [6.45, 7) is 1.78. The molecule has 0 bridgehead atoms. The van der Waals surface area contributed by atoms with Crippen molar-refractivity contribution in [1.29, 1.82) is 0 Å². The first kappa shape index (κ1) is 17.6. The maximum atomic E-state index is 13.2. The molecular weight excluding hydrogens is 402 g/mol. The monoisotopic (exact) mass is 410 g/mol. The van der Waals surface area contributed by atoms with Crippen LogP contribution in [0.5, 0.6) is 11.5 Å². The van der Waals surface area contributed by atoms with Gasteiger partial charge in [-0.05, 0) is 13.0 Å². The first-order valence-corrected chi connectivity index (χ1v) is 8.71. The van der Waals surface area contributed by atoms with Crippen LogP contribution in [-0.2, 0) is 0 Å². The Labute approximate surface area is 160 Å². The summed E-state index contributed by atoms with van der Waals surface area (Å²) < 4.78 is 35.1. The summed E-state index contributed by atoms with van der Waals surface area (Å²) in [7, 11) is 0. The SMILES string of the molecule is Cc1scnc1C(=O)Nc1cnc(-c2cc3c(cc2Cl)OC(F)(F)O3)cn1. The van der Waals surface area contributed by atoms with Gasteiger partial charge in [0.2, 0.25) is 0 Å². The van der Waals surface area contributed by atoms with Crippen LogP contribution >= 0.6 is 22.9 Å². The van der Waals surface area contributed by atoms with Crippen LogP contribution in [-0.4, -0.2) is 27.2 Å². The van der Waals surface area contributed by atoms with E-state index >= 15 is 0 Å². The Morgan fingerprint density at radius 2 is 1.93 bits per heavy atom. The van der Waals surface area contributed by atoms with Gasteiger partial charge >= 0.3 is 6.29 Å². The van der Waals surface area contributed by atoms with E-state index in [1.54, 1.807) is 12.4 Å². The molecule has 7 nitrogen and oxygen atoms in total. The fraction of sp³-hybridized carbons (Fsp3) is 0.125. The number of benzene rings is 1. The van der Waals surface area contributed by atoms with Crippen molar-refractivity contribution in [1.82, 2.24) is 15.0 Å². The number of rotatable bonds is 3. The van der Waals surface area contributed by atoms with Gasteiger partial charge in [-0.2, -0.15) is 0 Å². The van der Waals surface area contributed by atoms with Crippen molar-refractivity contribution in [2.75, 3.05) is 5.32 Å². The Bertz CT molecular complexity index is 1040. The van der Waals surface area contributed by atoms with Gasteiger partial charge in [0.15, 0.2) is 17.3 Å². The molecule has 0 fully saturated rings. The van der Waals surface area contributed by atoms with Crippen LogP contribution in [0.3, 0.4) is 0 Å². The molecule has 1 aliphatic heterocycles. The number of nitrogens with one attached hydrogen (secondary N) is 1. The van der Waals surface area contributed by atoms with E-state index in [4.69, 9.17) is 11.6 Å². The number of hydrogen-bond acceptors (Lipinski definition) is 7. The smallest absolute Gasteiger partial charge is 0.395 e. The van der Waals surface area contributed by atoms with Crippen LogP contribution in [0, 0.1) is 6.92 Å². The number of anilines is 1. The number of carbonyl (C=O) groups excluding carboxylic acids is 1. The lowest BCUT2D eigenvalue weighted by molar-refractivity contribution is -0.286. The van der Waals surface area contributed by atoms with E-state index in [0.29, 0.717) is 17.0 Å². The predicted molar refractivity (Wildman–Crippen MR) is 93.5 cm³/mol. The van der Waals surface area contributed by atoms with Crippen LogP contribution in [0.25, 0.3) is 11.3 Å². The second-order valence-corrected chi connectivity index (χ2v) is 6.91. The first-order chi connectivity index (χ1) is 12.8. The summed E-state index contributed by atoms with van der Waals surface area (Å²) in [6, 6.07) is 2.51. The minimum Gasteiger partial charge on any atom is -0.395 e. The molecule has 0 atom stereocenters. The standard InChI is InChI=1S/C16H9ClF2N4O3S/c1-7-14(22-6-27-7)15(24)23-13-5-20-10(4-21-13)8-2-11-12(3-9(8)17)26-16(18,19)25-11/h2-6H,1H3,(H,21,23,24). The average molecular weight is 411 g/mol. The summed E-state index contributed by atoms with van der Waals surface area (Å²) >= 11 is 7.48. The molecule has 0 saturated carbocycles. The Balaban J connectivity index is 1.57. The third-order valence-corrected chi connectivity index (χ3v) is 4.69. The highest BCUT2D eigenvalue weighted by Gasteiger charge is 2.43. The molecule has 1 N–H and O–H groups in total. The van der Waals surface area contributed by atoms with E-state index in [9.17, 15) is 13.6 Å². The van der Waals surface area contributed by atoms with E-state index in [1.807, 2.05) is 0 Å². The van der Waals surface area contributed by atoms with Crippen LogP contribution < -0.4 is 14.8 Å². The Kier molecular flexibility index (Phi) is 4.16. The number of nitrogens with zero attached hydrogens (tertiary/aromatic N) is 3. The fourth-order valence-corrected chi connectivity index (χ4v) is 3.22. The number of hydrogen-bond donors (Lipinski definition) is 1. The van der Waals surface area contributed by atoms with E-state index < -0.39 is 12.2 Å². The van der Waals surface area contributed by atoms with Gasteiger partial charge in [-0.25, -0.2) is 9.97 Å². The number of thiazole rings is 1. The highest BCUT2D eigenvalue weighted by Crippen LogP contribution is 2.45. The number of alkyl halides is 2. The lowest BCUT2D eigenvalue weighted by Crippen LogP contribution is -2.25. The van der Waals surface area contributed by atoms with Crippen molar-refractivity contribution < 1.29 is 23.0 Å². The summed E-state index contributed by atoms with van der Waals surface area (Å²) in [5.74, 6) is -0.513. The van der Waals surface area contributed by atoms with Crippen LogP contribution in [0.2, 0.25) is 5.02 Å². The van der Waals surface area contributed by atoms with Crippen molar-refractivity contribution in [3.8, 4) is 22.8 Å². The van der Waals surface area contributed by atoms with Crippen molar-refractivity contribution in [2.45, 2.75) is 13.2 Å². The topological polar surface area (TPSA) is 86.2 Å². The molecule has 4 rings (SSSR count). The van der Waals surface area contributed by atoms with E-state index in [-0.39, 0.29) is 22.3 Å². The quantitative estimate of drug-likeness (QED) is 0.698. The van der Waals surface area contributed by atoms with Crippen LogP contribution in [0.1, 0.15) is 15.4 Å². The fourth-order valence-electron chi connectivity index (χ4n) is 2.40. The maximum absolute atomic E-state index is 13.2. The van der Waals surface area contributed by atoms with E-state index in [1.165, 1.54) is 35.9 Å². The van der Waals surface area contributed by atoms with Crippen LogP contribution in [0.15, 0.2) is 30.0 Å². The lowest BCUT2D eigenvalue weighted by Gasteiger charge is -2.07. The third kappa shape index (κ3) is 3.40. The zero-order valence-electron chi connectivity index (χ0n) is 13.5. The lowest BCUT2D eigenvalue weighted by atomic mass is 10.1. The normalized spacial score (nSPS) is 14.2. The molecule has 0 spiro atoms. The maximum Gasteiger partial charge on any atom is 0.586 e. The second kappa shape index (κ2) is 6.39. The zero-order valence-corrected chi connectivity index (χ0v) is 15.1. The minimum atomic E-state index is -3.74. The van der Waals surface area contributed by atoms with Gasteiger partial charge in [0, 0.05) is 16.5 Å². The number of fused-ring (bicyclic) bond motifs is 1. The molecule has 1 aliphatic rings. The number of carbonyl (C=O) groups is 1. The molecule has 138 valence electrons. The Morgan fingerprint density at radius 3 is 2.56 bits per heavy atom. The van der Waals surface area contributed by atoms with Gasteiger partial charge < -0.3 is 14.8 Å². The van der Waals surface area contributed by atoms with Gasteiger partial charge in [-0.15, -0.1) is 20.1 Å². The molecule has 1 amide bonds. The number of halogens is 3. The molecule has 1 aromatic carbocycles. The summed E-state index contributed by atoms with van der Waals surface area (Å²) in [4.78, 5) is 25.2. The second-order valence-electron chi connectivity index (χ2n) is 5.44. The minimum absolute atomic E-state index is 0.138. The largest absolute Gasteiger partial charge is 0.586 e. The summed E-state index contributed by atoms with van der Waals surface area (Å²) in [5, 5.41) is 2.72. The van der Waals surface area contributed by atoms with Gasteiger partial charge in [0.1, 0.15) is 5.69 Å². The summed E-state index contributed by atoms with van der Waals surface area (Å²) in [6.07, 6.45) is -1.06. The number of amides is 1. The summed E-state index contributed by atoms with van der Waals surface area (Å²) in [5.41, 5.74) is 2.52. The molecular formula is C16H9ClF2N4O3S. The van der Waals surface area contributed by atoms with Gasteiger partial charge in [0.05, 0.1) is 28.6 Å². The molecule has 11 heteroatoms. The predicted octanol–water partition coefficient (Wildman–Crippen LogP) is 4.14. The Hall–Kier alpha value is -2.85. The number of aromatic nitrogens is 3. The molecule has 27 heavy (non-hydrogen) atoms. The van der Waals surface area contributed by atoms with Crippen molar-refractivity contribution >= 4 is 34.7 Å².